The number of carbonyl (C=O) groups is 2. The number of nitrogens with zero attached hydrogens (tertiary/aromatic N) is 2. The minimum absolute atomic E-state index is 0.0815. The first-order valence-electron chi connectivity index (χ1n) is 10.8. The number of primary amides is 1. The zero-order valence-electron chi connectivity index (χ0n) is 17.8. The lowest BCUT2D eigenvalue weighted by Gasteiger charge is -2.26. The normalized spacial score (nSPS) is 13.9. The van der Waals surface area contributed by atoms with Crippen LogP contribution in [0.5, 0.6) is 5.75 Å². The maximum absolute atomic E-state index is 13.1. The van der Waals surface area contributed by atoms with E-state index < -0.39 is 5.91 Å². The molecule has 1 aliphatic carbocycles. The summed E-state index contributed by atoms with van der Waals surface area (Å²) < 4.78 is 5.78. The number of para-hydroxylation sites is 1. The fraction of sp³-hybridized carbons (Fsp3) is 0.400. The van der Waals surface area contributed by atoms with E-state index in [1.54, 1.807) is 41.3 Å². The Morgan fingerprint density at radius 3 is 2.61 bits per heavy atom. The molecular weight excluding hydrogens is 390 g/mol. The number of carbonyl (C=O) groups excluding carboxylic acids is 2. The van der Waals surface area contributed by atoms with Gasteiger partial charge in [0.05, 0.1) is 12.1 Å². The zero-order valence-corrected chi connectivity index (χ0v) is 17.8. The van der Waals surface area contributed by atoms with Gasteiger partial charge in [-0.15, -0.1) is 0 Å². The van der Waals surface area contributed by atoms with Crippen molar-refractivity contribution in [1.82, 2.24) is 4.90 Å². The van der Waals surface area contributed by atoms with E-state index >= 15 is 0 Å². The Labute approximate surface area is 183 Å². The van der Waals surface area contributed by atoms with Gasteiger partial charge in [0.2, 0.25) is 5.91 Å². The van der Waals surface area contributed by atoms with E-state index in [4.69, 9.17) is 10.5 Å². The molecule has 0 heterocycles. The van der Waals surface area contributed by atoms with Crippen molar-refractivity contribution in [2.45, 2.75) is 45.1 Å². The van der Waals surface area contributed by atoms with Crippen LogP contribution in [0.2, 0.25) is 0 Å². The van der Waals surface area contributed by atoms with E-state index in [2.05, 4.69) is 6.07 Å². The molecule has 3 rings (SSSR count). The molecule has 0 spiro atoms. The van der Waals surface area contributed by atoms with Gasteiger partial charge in [-0.25, -0.2) is 0 Å². The molecule has 6 heteroatoms. The number of amides is 2. The number of benzene rings is 2. The van der Waals surface area contributed by atoms with Gasteiger partial charge in [0.15, 0.2) is 0 Å². The second-order valence-corrected chi connectivity index (χ2v) is 8.08. The van der Waals surface area contributed by atoms with E-state index in [1.807, 2.05) is 12.1 Å². The topological polar surface area (TPSA) is 96.4 Å². The lowest BCUT2D eigenvalue weighted by atomic mass is 9.87. The van der Waals surface area contributed by atoms with Crippen molar-refractivity contribution in [1.29, 1.82) is 5.26 Å². The summed E-state index contributed by atoms with van der Waals surface area (Å²) in [6.45, 7) is 0.683. The van der Waals surface area contributed by atoms with Crippen molar-refractivity contribution in [2.75, 3.05) is 13.1 Å². The van der Waals surface area contributed by atoms with Gasteiger partial charge in [0, 0.05) is 12.1 Å². The molecule has 6 nitrogen and oxygen atoms in total. The average Bonchev–Trinajstić information content (AvgIpc) is 2.80. The smallest absolute Gasteiger partial charge is 0.254 e. The van der Waals surface area contributed by atoms with Gasteiger partial charge in [-0.1, -0.05) is 56.4 Å². The standard InChI is InChI=1S/C25H29N3O3/c26-16-22-10-4-5-12-23(22)31-18-20-9-6-11-21(15-20)25(30)28(17-24(27)29)14-13-19-7-2-1-3-8-19/h4-6,9-12,15,19H,1-3,7-8,13-14,17-18H2,(H2,27,29). The van der Waals surface area contributed by atoms with Crippen LogP contribution < -0.4 is 10.5 Å². The van der Waals surface area contributed by atoms with Gasteiger partial charge in [0.25, 0.3) is 5.91 Å². The Balaban J connectivity index is 1.66. The van der Waals surface area contributed by atoms with Gasteiger partial charge in [-0.05, 0) is 42.2 Å². The maximum atomic E-state index is 13.1. The molecule has 0 atom stereocenters. The Morgan fingerprint density at radius 2 is 1.87 bits per heavy atom. The molecule has 0 aromatic heterocycles. The third-order valence-electron chi connectivity index (χ3n) is 5.74. The fourth-order valence-corrected chi connectivity index (χ4v) is 4.08. The Kier molecular flexibility index (Phi) is 8.05. The third kappa shape index (κ3) is 6.58. The van der Waals surface area contributed by atoms with Gasteiger partial charge in [-0.3, -0.25) is 9.59 Å². The van der Waals surface area contributed by atoms with Crippen molar-refractivity contribution in [3.05, 3.63) is 65.2 Å². The van der Waals surface area contributed by atoms with Crippen LogP contribution in [0.1, 0.15) is 60.0 Å². The first-order valence-corrected chi connectivity index (χ1v) is 10.8. The van der Waals surface area contributed by atoms with E-state index in [1.165, 1.54) is 32.1 Å². The number of ether oxygens (including phenoxy) is 1. The molecule has 2 amide bonds. The van der Waals surface area contributed by atoms with Crippen molar-refractivity contribution >= 4 is 11.8 Å². The van der Waals surface area contributed by atoms with Crippen LogP contribution in [0.15, 0.2) is 48.5 Å². The average molecular weight is 420 g/mol. The van der Waals surface area contributed by atoms with Gasteiger partial charge in [0.1, 0.15) is 18.4 Å². The SMILES string of the molecule is N#Cc1ccccc1OCc1cccc(C(=O)N(CCC2CCCCC2)CC(N)=O)c1. The minimum Gasteiger partial charge on any atom is -0.488 e. The van der Waals surface area contributed by atoms with Crippen LogP contribution in [0, 0.1) is 17.2 Å². The second-order valence-electron chi connectivity index (χ2n) is 8.08. The molecule has 162 valence electrons. The summed E-state index contributed by atoms with van der Waals surface area (Å²) in [5.74, 6) is 0.403. The summed E-state index contributed by atoms with van der Waals surface area (Å²) in [5.41, 5.74) is 7.18. The Hall–Kier alpha value is -3.33. The highest BCUT2D eigenvalue weighted by Crippen LogP contribution is 2.26. The van der Waals surface area contributed by atoms with Crippen LogP contribution in [0.25, 0.3) is 0 Å². The molecule has 1 aliphatic rings. The van der Waals surface area contributed by atoms with Crippen LogP contribution in [0.3, 0.4) is 0 Å². The zero-order chi connectivity index (χ0) is 22.1. The van der Waals surface area contributed by atoms with Crippen molar-refractivity contribution < 1.29 is 14.3 Å². The van der Waals surface area contributed by atoms with Gasteiger partial charge in [-0.2, -0.15) is 5.26 Å². The highest BCUT2D eigenvalue weighted by atomic mass is 16.5. The molecule has 1 saturated carbocycles. The van der Waals surface area contributed by atoms with Crippen molar-refractivity contribution in [3.63, 3.8) is 0 Å². The summed E-state index contributed by atoms with van der Waals surface area (Å²) in [6, 6.07) is 16.3. The Morgan fingerprint density at radius 1 is 1.10 bits per heavy atom. The molecule has 0 saturated heterocycles. The summed E-state index contributed by atoms with van der Waals surface area (Å²) in [7, 11) is 0. The largest absolute Gasteiger partial charge is 0.488 e. The minimum atomic E-state index is -0.510. The molecular formula is C25H29N3O3. The van der Waals surface area contributed by atoms with E-state index in [-0.39, 0.29) is 19.1 Å². The molecule has 2 aromatic rings. The summed E-state index contributed by atoms with van der Waals surface area (Å²) >= 11 is 0. The molecule has 31 heavy (non-hydrogen) atoms. The number of nitriles is 1. The molecule has 2 aromatic carbocycles. The highest BCUT2D eigenvalue weighted by Gasteiger charge is 2.21. The fourth-order valence-electron chi connectivity index (χ4n) is 4.08. The quantitative estimate of drug-likeness (QED) is 0.663. The summed E-state index contributed by atoms with van der Waals surface area (Å²) in [6.07, 6.45) is 7.04. The van der Waals surface area contributed by atoms with Crippen LogP contribution in [-0.2, 0) is 11.4 Å². The number of nitrogens with two attached hydrogens (primary N) is 1. The van der Waals surface area contributed by atoms with E-state index in [9.17, 15) is 14.9 Å². The lowest BCUT2D eigenvalue weighted by Crippen LogP contribution is -2.39. The maximum Gasteiger partial charge on any atom is 0.254 e. The lowest BCUT2D eigenvalue weighted by molar-refractivity contribution is -0.118. The molecule has 0 bridgehead atoms. The van der Waals surface area contributed by atoms with Crippen LogP contribution in [0.4, 0.5) is 0 Å². The number of hydrogen-bond acceptors (Lipinski definition) is 4. The van der Waals surface area contributed by atoms with Crippen LogP contribution in [-0.4, -0.2) is 29.8 Å². The highest BCUT2D eigenvalue weighted by molar-refractivity contribution is 5.96. The molecule has 0 unspecified atom stereocenters. The number of rotatable bonds is 9. The molecule has 0 aliphatic heterocycles. The first-order chi connectivity index (χ1) is 15.1. The van der Waals surface area contributed by atoms with Gasteiger partial charge < -0.3 is 15.4 Å². The first kappa shape index (κ1) is 22.4. The van der Waals surface area contributed by atoms with Crippen molar-refractivity contribution in [2.24, 2.45) is 11.7 Å². The van der Waals surface area contributed by atoms with E-state index in [0.29, 0.717) is 29.3 Å². The predicted octanol–water partition coefficient (Wildman–Crippen LogP) is 4.04. The summed E-state index contributed by atoms with van der Waals surface area (Å²) in [4.78, 5) is 26.2. The van der Waals surface area contributed by atoms with Gasteiger partial charge >= 0.3 is 0 Å². The third-order valence-corrected chi connectivity index (χ3v) is 5.74. The monoisotopic (exact) mass is 419 g/mol. The second kappa shape index (κ2) is 11.2. The number of hydrogen-bond donors (Lipinski definition) is 1. The van der Waals surface area contributed by atoms with Crippen molar-refractivity contribution in [3.8, 4) is 11.8 Å². The molecule has 2 N–H and O–H groups in total. The van der Waals surface area contributed by atoms with Crippen LogP contribution >= 0.6 is 0 Å². The Bertz CT molecular complexity index is 945. The predicted molar refractivity (Wildman–Crippen MR) is 118 cm³/mol. The summed E-state index contributed by atoms with van der Waals surface area (Å²) in [5, 5.41) is 9.19. The van der Waals surface area contributed by atoms with E-state index in [0.717, 1.165) is 12.0 Å². The molecule has 0 radical (unpaired) electrons. The molecule has 1 fully saturated rings.